The van der Waals surface area contributed by atoms with Crippen molar-refractivity contribution < 1.29 is 14.2 Å². The van der Waals surface area contributed by atoms with E-state index in [1.165, 1.54) is 17.7 Å². The van der Waals surface area contributed by atoms with Gasteiger partial charge in [0.25, 0.3) is 0 Å². The van der Waals surface area contributed by atoms with E-state index >= 15 is 0 Å². The van der Waals surface area contributed by atoms with Crippen LogP contribution in [0, 0.1) is 12.7 Å². The number of aromatic nitrogens is 3. The van der Waals surface area contributed by atoms with Gasteiger partial charge in [-0.2, -0.15) is 5.10 Å². The van der Waals surface area contributed by atoms with Gasteiger partial charge >= 0.3 is 0 Å². The third-order valence-corrected chi connectivity index (χ3v) is 5.40. The number of aliphatic hydroxyl groups excluding tert-OH is 1. The normalized spacial score (nSPS) is 11.3. The maximum atomic E-state index is 13.6. The first-order valence-corrected chi connectivity index (χ1v) is 10.7. The van der Waals surface area contributed by atoms with Crippen LogP contribution >= 0.6 is 0 Å². The van der Waals surface area contributed by atoms with Crippen molar-refractivity contribution in [2.24, 2.45) is 0 Å². The Balaban J connectivity index is 2.01. The van der Waals surface area contributed by atoms with Crippen molar-refractivity contribution in [3.63, 3.8) is 0 Å². The van der Waals surface area contributed by atoms with Crippen molar-refractivity contribution in [3.05, 3.63) is 71.7 Å². The molecule has 0 atom stereocenters. The molecule has 32 heavy (non-hydrogen) atoms. The van der Waals surface area contributed by atoms with Crippen LogP contribution in [-0.4, -0.2) is 46.5 Å². The van der Waals surface area contributed by atoms with Crippen LogP contribution < -0.4 is 4.90 Å². The van der Waals surface area contributed by atoms with Crippen LogP contribution in [0.4, 0.5) is 10.2 Å². The lowest BCUT2D eigenvalue weighted by Crippen LogP contribution is -2.22. The highest BCUT2D eigenvalue weighted by molar-refractivity contribution is 5.83. The second kappa shape index (κ2) is 9.46. The number of rotatable bonds is 8. The van der Waals surface area contributed by atoms with Gasteiger partial charge in [0.2, 0.25) is 0 Å². The molecule has 0 aliphatic rings. The summed E-state index contributed by atoms with van der Waals surface area (Å²) in [5.74, 6) is 0.400. The maximum absolute atomic E-state index is 13.6. The first kappa shape index (κ1) is 21.9. The maximum Gasteiger partial charge on any atom is 0.166 e. The van der Waals surface area contributed by atoms with Crippen molar-refractivity contribution in [2.45, 2.75) is 20.5 Å². The summed E-state index contributed by atoms with van der Waals surface area (Å²) in [5.41, 5.74) is 6.14. The molecule has 2 aromatic carbocycles. The van der Waals surface area contributed by atoms with Gasteiger partial charge in [-0.15, -0.1) is 0 Å². The minimum absolute atomic E-state index is 0.00884. The number of benzene rings is 2. The number of fused-ring (bicyclic) bond motifs is 1. The summed E-state index contributed by atoms with van der Waals surface area (Å²) in [5, 5.41) is 14.3. The number of hydrogen-bond acceptors (Lipinski definition) is 5. The van der Waals surface area contributed by atoms with E-state index in [0.717, 1.165) is 28.1 Å². The fourth-order valence-corrected chi connectivity index (χ4v) is 3.65. The van der Waals surface area contributed by atoms with E-state index in [4.69, 9.17) is 14.8 Å². The van der Waals surface area contributed by atoms with Crippen molar-refractivity contribution >= 4 is 11.5 Å². The van der Waals surface area contributed by atoms with Crippen LogP contribution in [0.5, 0.6) is 0 Å². The second-order valence-corrected chi connectivity index (χ2v) is 7.71. The Hall–Kier alpha value is -3.29. The average Bonchev–Trinajstić information content (AvgIpc) is 3.16. The molecule has 166 valence electrons. The predicted octanol–water partition coefficient (Wildman–Crippen LogP) is 4.48. The average molecular weight is 435 g/mol. The standard InChI is InChI=1S/C25H27FN4O2/c1-4-32-16-21-24(19-7-5-17(2)6-8-19)25-27-23(29(3)13-14-31)15-22(30(25)28-21)18-9-11-20(26)12-10-18/h5-12,15,31H,4,13-14,16H2,1-3H3. The van der Waals surface area contributed by atoms with Gasteiger partial charge in [0.05, 0.1) is 30.2 Å². The predicted molar refractivity (Wildman–Crippen MR) is 124 cm³/mol. The summed E-state index contributed by atoms with van der Waals surface area (Å²) in [7, 11) is 1.88. The summed E-state index contributed by atoms with van der Waals surface area (Å²) < 4.78 is 21.1. The molecule has 0 aliphatic heterocycles. The fraction of sp³-hybridized carbons (Fsp3) is 0.280. The van der Waals surface area contributed by atoms with E-state index in [2.05, 4.69) is 24.3 Å². The summed E-state index contributed by atoms with van der Waals surface area (Å²) in [6.45, 7) is 5.37. The lowest BCUT2D eigenvalue weighted by molar-refractivity contribution is 0.131. The smallest absolute Gasteiger partial charge is 0.166 e. The number of ether oxygens (including phenoxy) is 1. The van der Waals surface area contributed by atoms with Crippen LogP contribution in [-0.2, 0) is 11.3 Å². The van der Waals surface area contributed by atoms with Gasteiger partial charge in [-0.05, 0) is 43.7 Å². The molecular weight excluding hydrogens is 407 g/mol. The molecule has 0 amide bonds. The molecule has 6 nitrogen and oxygen atoms in total. The molecule has 0 radical (unpaired) electrons. The van der Waals surface area contributed by atoms with E-state index in [0.29, 0.717) is 31.2 Å². The molecule has 0 aliphatic carbocycles. The summed E-state index contributed by atoms with van der Waals surface area (Å²) in [6, 6.07) is 16.5. The SMILES string of the molecule is CCOCc1nn2c(-c3ccc(F)cc3)cc(N(C)CCO)nc2c1-c1ccc(C)cc1. The minimum atomic E-state index is -0.297. The molecule has 0 bridgehead atoms. The first-order valence-electron chi connectivity index (χ1n) is 10.7. The topological polar surface area (TPSA) is 62.9 Å². The Morgan fingerprint density at radius 3 is 2.41 bits per heavy atom. The summed E-state index contributed by atoms with van der Waals surface area (Å²) in [6.07, 6.45) is 0. The van der Waals surface area contributed by atoms with Crippen LogP contribution in [0.25, 0.3) is 28.0 Å². The zero-order chi connectivity index (χ0) is 22.7. The molecule has 2 aromatic heterocycles. The first-order chi connectivity index (χ1) is 15.5. The van der Waals surface area contributed by atoms with Crippen molar-refractivity contribution in [2.75, 3.05) is 31.7 Å². The number of hydrogen-bond donors (Lipinski definition) is 1. The summed E-state index contributed by atoms with van der Waals surface area (Å²) >= 11 is 0. The van der Waals surface area contributed by atoms with Gasteiger partial charge in [-0.3, -0.25) is 0 Å². The van der Waals surface area contributed by atoms with Crippen LogP contribution in [0.2, 0.25) is 0 Å². The zero-order valence-corrected chi connectivity index (χ0v) is 18.5. The Morgan fingerprint density at radius 1 is 1.06 bits per heavy atom. The third kappa shape index (κ3) is 4.35. The number of halogens is 1. The Labute approximate surface area is 186 Å². The highest BCUT2D eigenvalue weighted by atomic mass is 19.1. The molecule has 4 aromatic rings. The van der Waals surface area contributed by atoms with E-state index in [1.807, 2.05) is 31.9 Å². The molecule has 0 saturated heterocycles. The molecule has 1 N–H and O–H groups in total. The molecule has 0 fully saturated rings. The highest BCUT2D eigenvalue weighted by Crippen LogP contribution is 2.33. The number of aryl methyl sites for hydroxylation is 1. The fourth-order valence-electron chi connectivity index (χ4n) is 3.65. The number of nitrogens with zero attached hydrogens (tertiary/aromatic N) is 4. The summed E-state index contributed by atoms with van der Waals surface area (Å²) in [4.78, 5) is 6.80. The van der Waals surface area contributed by atoms with E-state index < -0.39 is 0 Å². The molecule has 0 saturated carbocycles. The molecule has 2 heterocycles. The highest BCUT2D eigenvalue weighted by Gasteiger charge is 2.21. The van der Waals surface area contributed by atoms with Gasteiger partial charge in [0.1, 0.15) is 11.6 Å². The zero-order valence-electron chi connectivity index (χ0n) is 18.5. The van der Waals surface area contributed by atoms with E-state index in [1.54, 1.807) is 16.6 Å². The van der Waals surface area contributed by atoms with Crippen LogP contribution in [0.15, 0.2) is 54.6 Å². The van der Waals surface area contributed by atoms with Crippen molar-refractivity contribution in [1.82, 2.24) is 14.6 Å². The lowest BCUT2D eigenvalue weighted by Gasteiger charge is -2.18. The second-order valence-electron chi connectivity index (χ2n) is 7.71. The Morgan fingerprint density at radius 2 is 1.75 bits per heavy atom. The van der Waals surface area contributed by atoms with Gasteiger partial charge in [0, 0.05) is 31.8 Å². The van der Waals surface area contributed by atoms with Gasteiger partial charge in [-0.1, -0.05) is 29.8 Å². The van der Waals surface area contributed by atoms with Crippen LogP contribution in [0.1, 0.15) is 18.2 Å². The molecular formula is C25H27FN4O2. The van der Waals surface area contributed by atoms with E-state index in [-0.39, 0.29) is 12.4 Å². The number of aliphatic hydroxyl groups is 1. The van der Waals surface area contributed by atoms with Crippen molar-refractivity contribution in [1.29, 1.82) is 0 Å². The largest absolute Gasteiger partial charge is 0.395 e. The van der Waals surface area contributed by atoms with Gasteiger partial charge in [-0.25, -0.2) is 13.9 Å². The molecule has 0 unspecified atom stereocenters. The monoisotopic (exact) mass is 434 g/mol. The number of likely N-dealkylation sites (N-methyl/N-ethyl adjacent to an activating group) is 1. The minimum Gasteiger partial charge on any atom is -0.395 e. The number of anilines is 1. The van der Waals surface area contributed by atoms with Gasteiger partial charge in [0.15, 0.2) is 5.65 Å². The molecule has 7 heteroatoms. The van der Waals surface area contributed by atoms with Crippen LogP contribution in [0.3, 0.4) is 0 Å². The third-order valence-electron chi connectivity index (χ3n) is 5.40. The van der Waals surface area contributed by atoms with Crippen molar-refractivity contribution in [3.8, 4) is 22.4 Å². The Kier molecular flexibility index (Phi) is 6.48. The Bertz CT molecular complexity index is 1200. The van der Waals surface area contributed by atoms with E-state index in [9.17, 15) is 9.50 Å². The molecule has 4 rings (SSSR count). The van der Waals surface area contributed by atoms with Gasteiger partial charge < -0.3 is 14.7 Å². The molecule has 0 spiro atoms. The quantitative estimate of drug-likeness (QED) is 0.443. The lowest BCUT2D eigenvalue weighted by atomic mass is 10.0.